The molecule has 4 rings (SSSR count). The normalized spacial score (nSPS) is 14.0. The largest absolute Gasteiger partial charge is 0.358 e. The van der Waals surface area contributed by atoms with Crippen LogP contribution in [0.3, 0.4) is 0 Å². The number of carbonyl (C=O) groups excluding carboxylic acids is 1. The lowest BCUT2D eigenvalue weighted by Gasteiger charge is -2.21. The van der Waals surface area contributed by atoms with E-state index in [-0.39, 0.29) is 6.03 Å². The van der Waals surface area contributed by atoms with Gasteiger partial charge < -0.3 is 15.2 Å². The van der Waals surface area contributed by atoms with Crippen LogP contribution < -0.4 is 5.32 Å². The fourth-order valence-corrected chi connectivity index (χ4v) is 3.97. The van der Waals surface area contributed by atoms with Crippen LogP contribution in [0.4, 0.5) is 4.79 Å². The summed E-state index contributed by atoms with van der Waals surface area (Å²) in [4.78, 5) is 18.1. The van der Waals surface area contributed by atoms with Crippen LogP contribution in [0, 0.1) is 6.92 Å². The first-order chi connectivity index (χ1) is 13.2. The fraction of sp³-hybridized carbons (Fsp3) is 0.348. The number of carbonyl (C=O) groups is 1. The number of benzene rings is 2. The maximum atomic E-state index is 12.6. The zero-order valence-corrected chi connectivity index (χ0v) is 15.9. The van der Waals surface area contributed by atoms with Gasteiger partial charge in [-0.1, -0.05) is 42.0 Å². The topological polar surface area (TPSA) is 48.1 Å². The maximum absolute atomic E-state index is 12.6. The standard InChI is InChI=1S/C23H27N3O/c1-17-9-10-21-20(16-17)19-11-14-26(15-12-22(19)25-21)23(27)24-13-5-8-18-6-3-2-4-7-18/h2-4,6-7,9-10,16,25H,5,8,11-15H2,1H3,(H,24,27). The molecule has 2 aromatic carbocycles. The van der Waals surface area contributed by atoms with Gasteiger partial charge in [-0.3, -0.25) is 0 Å². The van der Waals surface area contributed by atoms with Crippen LogP contribution in [-0.2, 0) is 19.3 Å². The minimum absolute atomic E-state index is 0.0636. The van der Waals surface area contributed by atoms with E-state index in [2.05, 4.69) is 59.7 Å². The Labute approximate surface area is 160 Å². The van der Waals surface area contributed by atoms with Crippen molar-refractivity contribution in [3.8, 4) is 0 Å². The van der Waals surface area contributed by atoms with Crippen molar-refractivity contribution in [3.63, 3.8) is 0 Å². The monoisotopic (exact) mass is 361 g/mol. The van der Waals surface area contributed by atoms with Crippen LogP contribution in [0.5, 0.6) is 0 Å². The molecular formula is C23H27N3O. The molecule has 140 valence electrons. The predicted octanol–water partition coefficient (Wildman–Crippen LogP) is 4.22. The lowest BCUT2D eigenvalue weighted by molar-refractivity contribution is 0.200. The summed E-state index contributed by atoms with van der Waals surface area (Å²) in [5, 5.41) is 4.41. The molecule has 0 saturated carbocycles. The molecule has 0 spiro atoms. The fourth-order valence-electron chi connectivity index (χ4n) is 3.97. The summed E-state index contributed by atoms with van der Waals surface area (Å²) < 4.78 is 0. The van der Waals surface area contributed by atoms with E-state index < -0.39 is 0 Å². The second kappa shape index (κ2) is 7.87. The molecule has 1 aliphatic rings. The van der Waals surface area contributed by atoms with Crippen molar-refractivity contribution in [1.29, 1.82) is 0 Å². The Kier molecular flexibility index (Phi) is 5.14. The molecule has 2 N–H and O–H groups in total. The molecule has 0 unspecified atom stereocenters. The first-order valence-electron chi connectivity index (χ1n) is 9.87. The first kappa shape index (κ1) is 17.7. The van der Waals surface area contributed by atoms with Gasteiger partial charge in [-0.05, 0) is 49.4 Å². The van der Waals surface area contributed by atoms with E-state index in [1.807, 2.05) is 11.0 Å². The Morgan fingerprint density at radius 3 is 2.78 bits per heavy atom. The van der Waals surface area contributed by atoms with Crippen molar-refractivity contribution in [1.82, 2.24) is 15.2 Å². The van der Waals surface area contributed by atoms with Crippen LogP contribution >= 0.6 is 0 Å². The Balaban J connectivity index is 1.31. The molecule has 2 heterocycles. The number of amides is 2. The number of hydrogen-bond acceptors (Lipinski definition) is 1. The Hall–Kier alpha value is -2.75. The van der Waals surface area contributed by atoms with Crippen LogP contribution in [0.1, 0.15) is 28.8 Å². The zero-order valence-electron chi connectivity index (χ0n) is 15.9. The van der Waals surface area contributed by atoms with Gasteiger partial charge in [-0.15, -0.1) is 0 Å². The van der Waals surface area contributed by atoms with Crippen molar-refractivity contribution in [2.75, 3.05) is 19.6 Å². The lowest BCUT2D eigenvalue weighted by atomic mass is 10.1. The molecule has 0 saturated heterocycles. The molecule has 0 aliphatic carbocycles. The number of fused-ring (bicyclic) bond motifs is 3. The molecule has 1 aromatic heterocycles. The summed E-state index contributed by atoms with van der Waals surface area (Å²) in [7, 11) is 0. The average molecular weight is 361 g/mol. The van der Waals surface area contributed by atoms with Gasteiger partial charge in [-0.2, -0.15) is 0 Å². The third-order valence-electron chi connectivity index (χ3n) is 5.46. The summed E-state index contributed by atoms with van der Waals surface area (Å²) >= 11 is 0. The molecular weight excluding hydrogens is 334 g/mol. The van der Waals surface area contributed by atoms with E-state index in [9.17, 15) is 4.79 Å². The SMILES string of the molecule is Cc1ccc2[nH]c3c(c2c1)CCN(C(=O)NCCCc1ccccc1)CC3. The summed E-state index contributed by atoms with van der Waals surface area (Å²) in [5.74, 6) is 0. The number of aromatic nitrogens is 1. The minimum Gasteiger partial charge on any atom is -0.358 e. The molecule has 3 aromatic rings. The highest BCUT2D eigenvalue weighted by molar-refractivity contribution is 5.85. The summed E-state index contributed by atoms with van der Waals surface area (Å²) in [6, 6.07) is 17.1. The molecule has 1 aliphatic heterocycles. The molecule has 4 heteroatoms. The molecule has 0 radical (unpaired) electrons. The van der Waals surface area contributed by atoms with Gasteiger partial charge in [0.15, 0.2) is 0 Å². The second-order valence-electron chi connectivity index (χ2n) is 7.44. The van der Waals surface area contributed by atoms with Crippen molar-refractivity contribution in [2.45, 2.75) is 32.6 Å². The number of nitrogens with zero attached hydrogens (tertiary/aromatic N) is 1. The Morgan fingerprint density at radius 2 is 1.93 bits per heavy atom. The number of nitrogens with one attached hydrogen (secondary N) is 2. The van der Waals surface area contributed by atoms with Crippen molar-refractivity contribution < 1.29 is 4.79 Å². The van der Waals surface area contributed by atoms with E-state index >= 15 is 0 Å². The number of urea groups is 1. The van der Waals surface area contributed by atoms with Crippen LogP contribution in [0.2, 0.25) is 0 Å². The second-order valence-corrected chi connectivity index (χ2v) is 7.44. The predicted molar refractivity (Wildman–Crippen MR) is 110 cm³/mol. The molecule has 0 bridgehead atoms. The number of rotatable bonds is 4. The zero-order chi connectivity index (χ0) is 18.6. The van der Waals surface area contributed by atoms with Crippen molar-refractivity contribution in [3.05, 3.63) is 70.9 Å². The average Bonchev–Trinajstić information content (AvgIpc) is 2.88. The smallest absolute Gasteiger partial charge is 0.317 e. The highest BCUT2D eigenvalue weighted by atomic mass is 16.2. The highest BCUT2D eigenvalue weighted by Gasteiger charge is 2.21. The van der Waals surface area contributed by atoms with Gasteiger partial charge in [0.05, 0.1) is 0 Å². The molecule has 2 amide bonds. The van der Waals surface area contributed by atoms with Gasteiger partial charge in [0.25, 0.3) is 0 Å². The molecule has 27 heavy (non-hydrogen) atoms. The quantitative estimate of drug-likeness (QED) is 0.672. The number of H-pyrrole nitrogens is 1. The Bertz CT molecular complexity index is 929. The van der Waals surface area contributed by atoms with E-state index in [1.165, 1.54) is 33.3 Å². The third kappa shape index (κ3) is 4.00. The summed E-state index contributed by atoms with van der Waals surface area (Å²) in [6.45, 7) is 4.39. The van der Waals surface area contributed by atoms with Crippen LogP contribution in [0.25, 0.3) is 10.9 Å². The summed E-state index contributed by atoms with van der Waals surface area (Å²) in [5.41, 5.74) is 6.48. The van der Waals surface area contributed by atoms with Gasteiger partial charge in [0.1, 0.15) is 0 Å². The van der Waals surface area contributed by atoms with E-state index in [1.54, 1.807) is 0 Å². The van der Waals surface area contributed by atoms with Crippen LogP contribution in [0.15, 0.2) is 48.5 Å². The van der Waals surface area contributed by atoms with Crippen molar-refractivity contribution >= 4 is 16.9 Å². The molecule has 0 fully saturated rings. The van der Waals surface area contributed by atoms with Gasteiger partial charge in [0.2, 0.25) is 0 Å². The maximum Gasteiger partial charge on any atom is 0.317 e. The van der Waals surface area contributed by atoms with Gasteiger partial charge in [-0.25, -0.2) is 4.79 Å². The third-order valence-corrected chi connectivity index (χ3v) is 5.46. The highest BCUT2D eigenvalue weighted by Crippen LogP contribution is 2.26. The molecule has 4 nitrogen and oxygen atoms in total. The van der Waals surface area contributed by atoms with Crippen LogP contribution in [-0.4, -0.2) is 35.5 Å². The Morgan fingerprint density at radius 1 is 1.11 bits per heavy atom. The first-order valence-corrected chi connectivity index (χ1v) is 9.87. The summed E-state index contributed by atoms with van der Waals surface area (Å²) in [6.07, 6.45) is 3.76. The van der Waals surface area contributed by atoms with E-state index in [0.717, 1.165) is 45.3 Å². The van der Waals surface area contributed by atoms with E-state index in [4.69, 9.17) is 0 Å². The number of aryl methyl sites for hydroxylation is 2. The van der Waals surface area contributed by atoms with Crippen molar-refractivity contribution in [2.24, 2.45) is 0 Å². The number of aromatic amines is 1. The van der Waals surface area contributed by atoms with Gasteiger partial charge >= 0.3 is 6.03 Å². The molecule has 0 atom stereocenters. The lowest BCUT2D eigenvalue weighted by Crippen LogP contribution is -2.41. The van der Waals surface area contributed by atoms with E-state index in [0.29, 0.717) is 0 Å². The number of hydrogen-bond donors (Lipinski definition) is 2. The van der Waals surface area contributed by atoms with Gasteiger partial charge in [0, 0.05) is 42.7 Å². The minimum atomic E-state index is 0.0636.